The summed E-state index contributed by atoms with van der Waals surface area (Å²) >= 11 is 0. The van der Waals surface area contributed by atoms with Crippen molar-refractivity contribution >= 4 is 5.71 Å². The Bertz CT molecular complexity index is 339. The number of hydrogen-bond acceptors (Lipinski definition) is 1. The van der Waals surface area contributed by atoms with Gasteiger partial charge in [-0.3, -0.25) is 4.99 Å². The van der Waals surface area contributed by atoms with E-state index in [1.807, 2.05) is 0 Å². The summed E-state index contributed by atoms with van der Waals surface area (Å²) in [5, 5.41) is 0. The minimum atomic E-state index is 1.04. The van der Waals surface area contributed by atoms with Gasteiger partial charge < -0.3 is 0 Å². The first-order chi connectivity index (χ1) is 6.84. The first-order valence-electron chi connectivity index (χ1n) is 5.42. The van der Waals surface area contributed by atoms with Gasteiger partial charge in [-0.2, -0.15) is 0 Å². The standard InChI is InChI=1S/C13H17N/c1-11-5-4-6-12(9-11)10-13-7-2-3-8-14-13/h4-6,9H,2-3,7-8,10H2,1H3. The highest BCUT2D eigenvalue weighted by Gasteiger charge is 2.05. The maximum Gasteiger partial charge on any atom is 0.0388 e. The van der Waals surface area contributed by atoms with Gasteiger partial charge in [0.25, 0.3) is 0 Å². The normalized spacial score (nSPS) is 16.5. The number of rotatable bonds is 2. The van der Waals surface area contributed by atoms with Crippen LogP contribution in [0.2, 0.25) is 0 Å². The lowest BCUT2D eigenvalue weighted by molar-refractivity contribution is 0.730. The van der Waals surface area contributed by atoms with E-state index in [-0.39, 0.29) is 0 Å². The minimum absolute atomic E-state index is 1.04. The van der Waals surface area contributed by atoms with Gasteiger partial charge in [0.1, 0.15) is 0 Å². The van der Waals surface area contributed by atoms with Gasteiger partial charge in [0.05, 0.1) is 0 Å². The number of hydrogen-bond donors (Lipinski definition) is 0. The fraction of sp³-hybridized carbons (Fsp3) is 0.462. The van der Waals surface area contributed by atoms with Crippen LogP contribution >= 0.6 is 0 Å². The lowest BCUT2D eigenvalue weighted by Gasteiger charge is -2.11. The second-order valence-corrected chi connectivity index (χ2v) is 4.07. The molecule has 0 spiro atoms. The second-order valence-electron chi connectivity index (χ2n) is 4.07. The molecule has 1 aliphatic rings. The van der Waals surface area contributed by atoms with Gasteiger partial charge in [-0.15, -0.1) is 0 Å². The third-order valence-corrected chi connectivity index (χ3v) is 2.70. The van der Waals surface area contributed by atoms with Crippen LogP contribution in [0.15, 0.2) is 29.3 Å². The van der Waals surface area contributed by atoms with Crippen LogP contribution in [-0.4, -0.2) is 12.3 Å². The molecule has 0 saturated heterocycles. The smallest absolute Gasteiger partial charge is 0.0388 e. The van der Waals surface area contributed by atoms with Crippen LogP contribution in [0.3, 0.4) is 0 Å². The van der Waals surface area contributed by atoms with E-state index in [0.29, 0.717) is 0 Å². The molecule has 0 radical (unpaired) electrons. The highest BCUT2D eigenvalue weighted by Crippen LogP contribution is 2.12. The molecule has 1 heteroatoms. The summed E-state index contributed by atoms with van der Waals surface area (Å²) < 4.78 is 0. The van der Waals surface area contributed by atoms with Crippen molar-refractivity contribution in [3.05, 3.63) is 35.4 Å². The van der Waals surface area contributed by atoms with E-state index >= 15 is 0 Å². The van der Waals surface area contributed by atoms with Crippen LogP contribution < -0.4 is 0 Å². The van der Waals surface area contributed by atoms with Crippen LogP contribution in [0.4, 0.5) is 0 Å². The lowest BCUT2D eigenvalue weighted by atomic mass is 10.0. The van der Waals surface area contributed by atoms with Gasteiger partial charge in [0, 0.05) is 18.7 Å². The average molecular weight is 187 g/mol. The first kappa shape index (κ1) is 9.45. The summed E-state index contributed by atoms with van der Waals surface area (Å²) in [7, 11) is 0. The Balaban J connectivity index is 2.06. The minimum Gasteiger partial charge on any atom is -0.294 e. The van der Waals surface area contributed by atoms with E-state index in [0.717, 1.165) is 13.0 Å². The molecule has 0 saturated carbocycles. The Morgan fingerprint density at radius 1 is 1.29 bits per heavy atom. The van der Waals surface area contributed by atoms with Crippen molar-refractivity contribution in [1.29, 1.82) is 0 Å². The van der Waals surface area contributed by atoms with E-state index in [1.165, 1.54) is 36.1 Å². The highest BCUT2D eigenvalue weighted by molar-refractivity contribution is 5.87. The van der Waals surface area contributed by atoms with E-state index in [1.54, 1.807) is 0 Å². The molecule has 0 aliphatic carbocycles. The Labute approximate surface area is 85.9 Å². The van der Waals surface area contributed by atoms with Crippen LogP contribution in [-0.2, 0) is 6.42 Å². The molecular formula is C13H17N. The van der Waals surface area contributed by atoms with Gasteiger partial charge in [-0.05, 0) is 31.7 Å². The van der Waals surface area contributed by atoms with Crippen LogP contribution in [0.25, 0.3) is 0 Å². The molecule has 0 amide bonds. The summed E-state index contributed by atoms with van der Waals surface area (Å²) in [5.74, 6) is 0. The molecule has 0 fully saturated rings. The second kappa shape index (κ2) is 4.41. The van der Waals surface area contributed by atoms with Gasteiger partial charge in [-0.1, -0.05) is 29.8 Å². The molecule has 2 rings (SSSR count). The van der Waals surface area contributed by atoms with Gasteiger partial charge in [0.2, 0.25) is 0 Å². The molecule has 1 aromatic rings. The number of aliphatic imine (C=N–C) groups is 1. The fourth-order valence-corrected chi connectivity index (χ4v) is 1.96. The zero-order valence-electron chi connectivity index (χ0n) is 8.79. The van der Waals surface area contributed by atoms with Crippen LogP contribution in [0.5, 0.6) is 0 Å². The molecule has 0 aromatic heterocycles. The van der Waals surface area contributed by atoms with Crippen molar-refractivity contribution in [2.45, 2.75) is 32.6 Å². The average Bonchev–Trinajstić information content (AvgIpc) is 2.19. The maximum absolute atomic E-state index is 4.57. The van der Waals surface area contributed by atoms with Crippen molar-refractivity contribution < 1.29 is 0 Å². The van der Waals surface area contributed by atoms with Crippen molar-refractivity contribution in [3.8, 4) is 0 Å². The molecule has 0 atom stereocenters. The largest absolute Gasteiger partial charge is 0.294 e. The van der Waals surface area contributed by atoms with Crippen molar-refractivity contribution in [2.75, 3.05) is 6.54 Å². The summed E-state index contributed by atoms with van der Waals surface area (Å²) in [6.07, 6.45) is 4.86. The summed E-state index contributed by atoms with van der Waals surface area (Å²) in [5.41, 5.74) is 4.14. The molecular weight excluding hydrogens is 170 g/mol. The van der Waals surface area contributed by atoms with Crippen LogP contribution in [0.1, 0.15) is 30.4 Å². The molecule has 1 aromatic carbocycles. The molecule has 0 bridgehead atoms. The van der Waals surface area contributed by atoms with E-state index < -0.39 is 0 Å². The van der Waals surface area contributed by atoms with E-state index in [2.05, 4.69) is 36.2 Å². The van der Waals surface area contributed by atoms with E-state index in [9.17, 15) is 0 Å². The van der Waals surface area contributed by atoms with E-state index in [4.69, 9.17) is 0 Å². The monoisotopic (exact) mass is 187 g/mol. The molecule has 1 aliphatic heterocycles. The maximum atomic E-state index is 4.57. The summed E-state index contributed by atoms with van der Waals surface area (Å²) in [4.78, 5) is 4.57. The van der Waals surface area contributed by atoms with Crippen LogP contribution in [0, 0.1) is 6.92 Å². The Kier molecular flexibility index (Phi) is 2.97. The molecule has 1 nitrogen and oxygen atoms in total. The Morgan fingerprint density at radius 3 is 2.93 bits per heavy atom. The highest BCUT2D eigenvalue weighted by atomic mass is 14.7. The number of aryl methyl sites for hydroxylation is 1. The predicted molar refractivity (Wildman–Crippen MR) is 61.0 cm³/mol. The molecule has 0 N–H and O–H groups in total. The molecule has 1 heterocycles. The zero-order valence-corrected chi connectivity index (χ0v) is 8.79. The lowest BCUT2D eigenvalue weighted by Crippen LogP contribution is -2.09. The molecule has 74 valence electrons. The zero-order chi connectivity index (χ0) is 9.80. The molecule has 14 heavy (non-hydrogen) atoms. The Morgan fingerprint density at radius 2 is 2.21 bits per heavy atom. The SMILES string of the molecule is Cc1cccc(CC2=NCCCC2)c1. The van der Waals surface area contributed by atoms with Crippen molar-refractivity contribution in [1.82, 2.24) is 0 Å². The Hall–Kier alpha value is -1.11. The predicted octanol–water partition coefficient (Wildman–Crippen LogP) is 3.16. The third kappa shape index (κ3) is 2.44. The van der Waals surface area contributed by atoms with Crippen molar-refractivity contribution in [3.63, 3.8) is 0 Å². The van der Waals surface area contributed by atoms with Gasteiger partial charge >= 0.3 is 0 Å². The first-order valence-corrected chi connectivity index (χ1v) is 5.42. The fourth-order valence-electron chi connectivity index (χ4n) is 1.96. The number of benzene rings is 1. The summed E-state index contributed by atoms with van der Waals surface area (Å²) in [6, 6.07) is 8.74. The number of nitrogens with zero attached hydrogens (tertiary/aromatic N) is 1. The van der Waals surface area contributed by atoms with Crippen molar-refractivity contribution in [2.24, 2.45) is 4.99 Å². The van der Waals surface area contributed by atoms with Gasteiger partial charge in [0.15, 0.2) is 0 Å². The third-order valence-electron chi connectivity index (χ3n) is 2.70. The van der Waals surface area contributed by atoms with Gasteiger partial charge in [-0.25, -0.2) is 0 Å². The topological polar surface area (TPSA) is 12.4 Å². The summed E-state index contributed by atoms with van der Waals surface area (Å²) in [6.45, 7) is 3.19. The molecule has 0 unspecified atom stereocenters. The quantitative estimate of drug-likeness (QED) is 0.674.